The van der Waals surface area contributed by atoms with Gasteiger partial charge in [-0.3, -0.25) is 0 Å². The minimum absolute atomic E-state index is 0.0672. The van der Waals surface area contributed by atoms with Crippen molar-refractivity contribution in [2.45, 2.75) is 49.5 Å². The van der Waals surface area contributed by atoms with Crippen LogP contribution in [0.5, 0.6) is 17.2 Å². The van der Waals surface area contributed by atoms with Crippen LogP contribution in [0.3, 0.4) is 0 Å². The molecule has 0 aliphatic carbocycles. The lowest BCUT2D eigenvalue weighted by atomic mass is 9.90. The quantitative estimate of drug-likeness (QED) is 0.529. The van der Waals surface area contributed by atoms with Crippen molar-refractivity contribution in [1.82, 2.24) is 0 Å². The first-order chi connectivity index (χ1) is 16.4. The molecule has 2 heterocycles. The molecule has 2 aliphatic heterocycles. The SMILES string of the molecule is COc1cc(OC)c([C@@H]2O[C@H](CO)[C@H](O)[C@H](F)[C@@H]2O)cc1Cc1ccc(O[C@H]2CCOC2)cc1. The molecule has 0 spiro atoms. The summed E-state index contributed by atoms with van der Waals surface area (Å²) in [4.78, 5) is 0. The molecule has 0 saturated carbocycles. The fourth-order valence-corrected chi connectivity index (χ4v) is 4.39. The Morgan fingerprint density at radius 1 is 1.03 bits per heavy atom. The molecule has 2 aromatic carbocycles. The standard InChI is InChI=1S/C25H31FO8/c1-30-19-11-20(31-2)18(25-24(29)22(26)23(28)21(12-27)34-25)10-15(19)9-14-3-5-16(6-4-14)33-17-7-8-32-13-17/h3-6,10-11,17,21-25,27-29H,7-9,12-13H2,1-2H3/t17-,21+,22-,23-,24-,25-/m0/s1. The highest BCUT2D eigenvalue weighted by Crippen LogP contribution is 2.41. The highest BCUT2D eigenvalue weighted by Gasteiger charge is 2.46. The Kier molecular flexibility index (Phi) is 7.90. The fourth-order valence-electron chi connectivity index (χ4n) is 4.39. The maximum atomic E-state index is 14.6. The van der Waals surface area contributed by atoms with Gasteiger partial charge in [0.25, 0.3) is 0 Å². The lowest BCUT2D eigenvalue weighted by Gasteiger charge is -2.39. The zero-order valence-electron chi connectivity index (χ0n) is 19.2. The molecule has 2 fully saturated rings. The smallest absolute Gasteiger partial charge is 0.157 e. The van der Waals surface area contributed by atoms with E-state index < -0.39 is 37.2 Å². The van der Waals surface area contributed by atoms with Crippen LogP contribution in [-0.2, 0) is 15.9 Å². The van der Waals surface area contributed by atoms with Crippen LogP contribution in [0.2, 0.25) is 0 Å². The Morgan fingerprint density at radius 3 is 2.38 bits per heavy atom. The Bertz CT molecular complexity index is 945. The molecule has 3 N–H and O–H groups in total. The number of aliphatic hydroxyl groups is 3. The van der Waals surface area contributed by atoms with Crippen molar-refractivity contribution in [3.63, 3.8) is 0 Å². The predicted molar refractivity (Wildman–Crippen MR) is 120 cm³/mol. The van der Waals surface area contributed by atoms with Crippen LogP contribution in [0.25, 0.3) is 0 Å². The monoisotopic (exact) mass is 478 g/mol. The van der Waals surface area contributed by atoms with Crippen LogP contribution < -0.4 is 14.2 Å². The van der Waals surface area contributed by atoms with Gasteiger partial charge in [0.2, 0.25) is 0 Å². The first-order valence-electron chi connectivity index (χ1n) is 11.3. The first kappa shape index (κ1) is 24.7. The number of ether oxygens (including phenoxy) is 5. The van der Waals surface area contributed by atoms with Crippen molar-refractivity contribution in [2.75, 3.05) is 34.0 Å². The largest absolute Gasteiger partial charge is 0.496 e. The van der Waals surface area contributed by atoms with Crippen molar-refractivity contribution in [1.29, 1.82) is 0 Å². The summed E-state index contributed by atoms with van der Waals surface area (Å²) in [6, 6.07) is 11.1. The van der Waals surface area contributed by atoms with Crippen molar-refractivity contribution in [3.05, 3.63) is 53.1 Å². The predicted octanol–water partition coefficient (Wildman–Crippen LogP) is 1.95. The van der Waals surface area contributed by atoms with Crippen LogP contribution in [0.1, 0.15) is 29.2 Å². The molecule has 4 rings (SSSR count). The summed E-state index contributed by atoms with van der Waals surface area (Å²) in [6.45, 7) is 0.719. The molecule has 8 nitrogen and oxygen atoms in total. The molecule has 0 bridgehead atoms. The van der Waals surface area contributed by atoms with E-state index >= 15 is 0 Å². The summed E-state index contributed by atoms with van der Waals surface area (Å²) >= 11 is 0. The van der Waals surface area contributed by atoms with Gasteiger partial charge in [-0.15, -0.1) is 0 Å². The number of benzene rings is 2. The third kappa shape index (κ3) is 5.13. The number of methoxy groups -OCH3 is 2. The number of rotatable bonds is 8. The van der Waals surface area contributed by atoms with Crippen LogP contribution in [-0.4, -0.2) is 79.9 Å². The van der Waals surface area contributed by atoms with Gasteiger partial charge in [-0.25, -0.2) is 4.39 Å². The molecule has 2 saturated heterocycles. The Labute approximate surface area is 197 Å². The molecule has 9 heteroatoms. The van der Waals surface area contributed by atoms with Gasteiger partial charge in [-0.05, 0) is 29.3 Å². The Morgan fingerprint density at radius 2 is 1.76 bits per heavy atom. The Balaban J connectivity index is 1.59. The van der Waals surface area contributed by atoms with Gasteiger partial charge in [0.1, 0.15) is 47.8 Å². The average molecular weight is 479 g/mol. The zero-order chi connectivity index (χ0) is 24.2. The molecular weight excluding hydrogens is 447 g/mol. The lowest BCUT2D eigenvalue weighted by Crippen LogP contribution is -2.53. The van der Waals surface area contributed by atoms with E-state index in [4.69, 9.17) is 23.7 Å². The highest BCUT2D eigenvalue weighted by atomic mass is 19.1. The van der Waals surface area contributed by atoms with Crippen molar-refractivity contribution in [2.24, 2.45) is 0 Å². The van der Waals surface area contributed by atoms with Gasteiger partial charge >= 0.3 is 0 Å². The van der Waals surface area contributed by atoms with Gasteiger partial charge in [-0.2, -0.15) is 0 Å². The van der Waals surface area contributed by atoms with Gasteiger partial charge in [0.05, 0.1) is 34.0 Å². The van der Waals surface area contributed by atoms with E-state index in [0.717, 1.165) is 23.3 Å². The molecule has 2 aromatic rings. The van der Waals surface area contributed by atoms with Crippen LogP contribution in [0.15, 0.2) is 36.4 Å². The second-order valence-electron chi connectivity index (χ2n) is 8.53. The topological polar surface area (TPSA) is 107 Å². The van der Waals surface area contributed by atoms with E-state index in [0.29, 0.717) is 36.7 Å². The highest BCUT2D eigenvalue weighted by molar-refractivity contribution is 5.50. The molecule has 6 atom stereocenters. The maximum absolute atomic E-state index is 14.6. The normalized spacial score (nSPS) is 29.1. The van der Waals surface area contributed by atoms with E-state index in [1.165, 1.54) is 7.11 Å². The summed E-state index contributed by atoms with van der Waals surface area (Å²) in [7, 11) is 2.99. The molecule has 0 radical (unpaired) electrons. The lowest BCUT2D eigenvalue weighted by molar-refractivity contribution is -0.214. The third-order valence-corrected chi connectivity index (χ3v) is 6.29. The number of hydrogen-bond donors (Lipinski definition) is 3. The van der Waals surface area contributed by atoms with E-state index in [2.05, 4.69) is 0 Å². The summed E-state index contributed by atoms with van der Waals surface area (Å²) < 4.78 is 42.5. The minimum Gasteiger partial charge on any atom is -0.496 e. The summed E-state index contributed by atoms with van der Waals surface area (Å²) in [5.74, 6) is 1.67. The fraction of sp³-hybridized carbons (Fsp3) is 0.520. The van der Waals surface area contributed by atoms with Crippen LogP contribution in [0, 0.1) is 0 Å². The third-order valence-electron chi connectivity index (χ3n) is 6.29. The maximum Gasteiger partial charge on any atom is 0.157 e. The van der Waals surface area contributed by atoms with Crippen molar-refractivity contribution >= 4 is 0 Å². The summed E-state index contributed by atoms with van der Waals surface area (Å²) in [5.41, 5.74) is 2.16. The van der Waals surface area contributed by atoms with Gasteiger partial charge < -0.3 is 39.0 Å². The minimum atomic E-state index is -1.98. The van der Waals surface area contributed by atoms with Gasteiger partial charge in [0.15, 0.2) is 6.17 Å². The Hall–Kier alpha value is -2.43. The molecule has 186 valence electrons. The second-order valence-corrected chi connectivity index (χ2v) is 8.53. The number of hydrogen-bond acceptors (Lipinski definition) is 8. The molecule has 2 aliphatic rings. The molecule has 0 unspecified atom stereocenters. The zero-order valence-corrected chi connectivity index (χ0v) is 19.2. The van der Waals surface area contributed by atoms with E-state index in [1.54, 1.807) is 19.2 Å². The van der Waals surface area contributed by atoms with Crippen molar-refractivity contribution < 1.29 is 43.4 Å². The number of alkyl halides is 1. The molecular formula is C25H31FO8. The van der Waals surface area contributed by atoms with E-state index in [9.17, 15) is 19.7 Å². The number of aliphatic hydroxyl groups excluding tert-OH is 3. The van der Waals surface area contributed by atoms with Crippen LogP contribution >= 0.6 is 0 Å². The molecule has 34 heavy (non-hydrogen) atoms. The van der Waals surface area contributed by atoms with Crippen molar-refractivity contribution in [3.8, 4) is 17.2 Å². The number of halogens is 1. The van der Waals surface area contributed by atoms with E-state index in [1.807, 2.05) is 24.3 Å². The van der Waals surface area contributed by atoms with Gasteiger partial charge in [-0.1, -0.05) is 12.1 Å². The average Bonchev–Trinajstić information content (AvgIpc) is 3.37. The summed E-state index contributed by atoms with van der Waals surface area (Å²) in [6.07, 6.45) is -6.13. The van der Waals surface area contributed by atoms with Crippen LogP contribution in [0.4, 0.5) is 4.39 Å². The molecule has 0 amide bonds. The summed E-state index contributed by atoms with van der Waals surface area (Å²) in [5, 5.41) is 30.0. The first-order valence-corrected chi connectivity index (χ1v) is 11.3. The molecule has 0 aromatic heterocycles. The van der Waals surface area contributed by atoms with Gasteiger partial charge in [0, 0.05) is 24.5 Å². The van der Waals surface area contributed by atoms with E-state index in [-0.39, 0.29) is 6.10 Å². The second kappa shape index (κ2) is 10.9.